The molecule has 0 saturated carbocycles. The van der Waals surface area contributed by atoms with Gasteiger partial charge in [0.15, 0.2) is 11.9 Å². The van der Waals surface area contributed by atoms with Crippen molar-refractivity contribution in [1.82, 2.24) is 0 Å². The molecule has 2 aromatic carbocycles. The van der Waals surface area contributed by atoms with Crippen LogP contribution in [0, 0.1) is 5.82 Å². The zero-order chi connectivity index (χ0) is 17.3. The van der Waals surface area contributed by atoms with Crippen LogP contribution in [-0.4, -0.2) is 17.8 Å². The number of nitrogens with one attached hydrogen (secondary N) is 1. The lowest BCUT2D eigenvalue weighted by Gasteiger charge is -2.05. The smallest absolute Gasteiger partial charge is 0.250 e. The molecule has 2 atom stereocenters. The van der Waals surface area contributed by atoms with Crippen molar-refractivity contribution in [2.24, 2.45) is 0 Å². The van der Waals surface area contributed by atoms with Crippen LogP contribution in [-0.2, 0) is 9.53 Å². The average molecular weight is 325 g/mol. The number of ether oxygens (including phenoxy) is 1. The Morgan fingerprint density at radius 3 is 2.29 bits per heavy atom. The maximum atomic E-state index is 12.9. The lowest BCUT2D eigenvalue weighted by Crippen LogP contribution is -2.12. The number of amides is 1. The van der Waals surface area contributed by atoms with E-state index in [1.165, 1.54) is 12.1 Å². The zero-order valence-electron chi connectivity index (χ0n) is 13.1. The van der Waals surface area contributed by atoms with Crippen molar-refractivity contribution in [3.8, 4) is 0 Å². The van der Waals surface area contributed by atoms with E-state index < -0.39 is 6.10 Å². The Morgan fingerprint density at radius 1 is 1.08 bits per heavy atom. The molecule has 0 aliphatic carbocycles. The fraction of sp³-hybridized carbons (Fsp3) is 0.158. The Balaban J connectivity index is 1.65. The maximum absolute atomic E-state index is 12.9. The lowest BCUT2D eigenvalue weighted by molar-refractivity contribution is -0.112. The van der Waals surface area contributed by atoms with Crippen molar-refractivity contribution in [3.63, 3.8) is 0 Å². The molecule has 0 spiro atoms. The van der Waals surface area contributed by atoms with Gasteiger partial charge in [-0.15, -0.1) is 0 Å². The topological polar surface area (TPSA) is 58.7 Å². The van der Waals surface area contributed by atoms with Gasteiger partial charge in [0.2, 0.25) is 0 Å². The number of Topliss-reactive ketones (excluding diaryl/α,β-unsaturated/α-hetero) is 1. The van der Waals surface area contributed by atoms with E-state index in [1.54, 1.807) is 43.3 Å². The van der Waals surface area contributed by atoms with Crippen LogP contribution in [0.1, 0.15) is 28.9 Å². The Morgan fingerprint density at radius 2 is 1.71 bits per heavy atom. The highest BCUT2D eigenvalue weighted by Crippen LogP contribution is 2.40. The van der Waals surface area contributed by atoms with Gasteiger partial charge in [-0.1, -0.05) is 18.7 Å². The third kappa shape index (κ3) is 3.41. The van der Waals surface area contributed by atoms with Crippen LogP contribution < -0.4 is 5.32 Å². The second-order valence-electron chi connectivity index (χ2n) is 5.70. The summed E-state index contributed by atoms with van der Waals surface area (Å²) < 4.78 is 18.4. The van der Waals surface area contributed by atoms with Gasteiger partial charge in [0.05, 0.1) is 0 Å². The molecule has 1 heterocycles. The first-order valence-corrected chi connectivity index (χ1v) is 7.48. The Labute approximate surface area is 138 Å². The van der Waals surface area contributed by atoms with Crippen molar-refractivity contribution in [3.05, 3.63) is 77.6 Å². The quantitative estimate of drug-likeness (QED) is 0.518. The molecule has 1 saturated heterocycles. The fourth-order valence-electron chi connectivity index (χ4n) is 2.34. The van der Waals surface area contributed by atoms with E-state index in [0.29, 0.717) is 16.8 Å². The Hall–Kier alpha value is -2.79. The van der Waals surface area contributed by atoms with Crippen LogP contribution in [0.25, 0.3) is 0 Å². The number of hydrogen-bond donors (Lipinski definition) is 1. The first-order valence-electron chi connectivity index (χ1n) is 7.48. The molecular weight excluding hydrogens is 309 g/mol. The SMILES string of the molecule is C=C(C)C(=O)Nc1ccc(C(=O)C2OC2c2ccc(F)cc2)cc1. The van der Waals surface area contributed by atoms with Crippen molar-refractivity contribution in [1.29, 1.82) is 0 Å². The highest BCUT2D eigenvalue weighted by atomic mass is 19.1. The Kier molecular flexibility index (Phi) is 4.27. The predicted octanol–water partition coefficient (Wildman–Crippen LogP) is 3.66. The van der Waals surface area contributed by atoms with Gasteiger partial charge < -0.3 is 10.1 Å². The summed E-state index contributed by atoms with van der Waals surface area (Å²) in [5.74, 6) is -0.729. The van der Waals surface area contributed by atoms with E-state index in [-0.39, 0.29) is 23.6 Å². The van der Waals surface area contributed by atoms with Crippen LogP contribution >= 0.6 is 0 Å². The van der Waals surface area contributed by atoms with Crippen molar-refractivity contribution in [2.75, 3.05) is 5.32 Å². The second kappa shape index (κ2) is 6.37. The lowest BCUT2D eigenvalue weighted by atomic mass is 10.0. The molecule has 4 nitrogen and oxygen atoms in total. The monoisotopic (exact) mass is 325 g/mol. The number of epoxide rings is 1. The van der Waals surface area contributed by atoms with E-state index in [4.69, 9.17) is 4.74 Å². The van der Waals surface area contributed by atoms with Gasteiger partial charge in [-0.3, -0.25) is 9.59 Å². The molecule has 2 unspecified atom stereocenters. The maximum Gasteiger partial charge on any atom is 0.250 e. The minimum Gasteiger partial charge on any atom is -0.356 e. The van der Waals surface area contributed by atoms with E-state index in [0.717, 1.165) is 5.56 Å². The number of ketones is 1. The summed E-state index contributed by atoms with van der Waals surface area (Å²) in [6.45, 7) is 5.18. The highest BCUT2D eigenvalue weighted by Gasteiger charge is 2.46. The molecule has 1 amide bonds. The van der Waals surface area contributed by atoms with E-state index >= 15 is 0 Å². The van der Waals surface area contributed by atoms with Crippen molar-refractivity contribution >= 4 is 17.4 Å². The van der Waals surface area contributed by atoms with Gasteiger partial charge in [-0.2, -0.15) is 0 Å². The fourth-order valence-corrected chi connectivity index (χ4v) is 2.34. The zero-order valence-corrected chi connectivity index (χ0v) is 13.1. The molecule has 5 heteroatoms. The number of rotatable bonds is 5. The number of carbonyl (C=O) groups is 2. The summed E-state index contributed by atoms with van der Waals surface area (Å²) in [6.07, 6.45) is -0.882. The van der Waals surface area contributed by atoms with E-state index in [2.05, 4.69) is 11.9 Å². The van der Waals surface area contributed by atoms with Crippen molar-refractivity contribution in [2.45, 2.75) is 19.1 Å². The summed E-state index contributed by atoms with van der Waals surface area (Å²) in [6, 6.07) is 12.5. The van der Waals surface area contributed by atoms with E-state index in [9.17, 15) is 14.0 Å². The van der Waals surface area contributed by atoms with Crippen LogP contribution in [0.15, 0.2) is 60.7 Å². The van der Waals surface area contributed by atoms with Gasteiger partial charge in [0, 0.05) is 16.8 Å². The summed E-state index contributed by atoms with van der Waals surface area (Å²) in [5, 5.41) is 2.68. The predicted molar refractivity (Wildman–Crippen MR) is 88.2 cm³/mol. The minimum absolute atomic E-state index is 0.137. The molecule has 24 heavy (non-hydrogen) atoms. The van der Waals surface area contributed by atoms with Crippen molar-refractivity contribution < 1.29 is 18.7 Å². The number of carbonyl (C=O) groups excluding carboxylic acids is 2. The van der Waals surface area contributed by atoms with Gasteiger partial charge in [-0.05, 0) is 48.9 Å². The molecule has 3 rings (SSSR count). The minimum atomic E-state index is -0.550. The molecule has 0 aromatic heterocycles. The van der Waals surface area contributed by atoms with Crippen LogP contribution in [0.4, 0.5) is 10.1 Å². The molecule has 0 radical (unpaired) electrons. The van der Waals surface area contributed by atoms with Gasteiger partial charge in [-0.25, -0.2) is 4.39 Å². The first-order chi connectivity index (χ1) is 11.5. The third-order valence-electron chi connectivity index (χ3n) is 3.76. The summed E-state index contributed by atoms with van der Waals surface area (Å²) >= 11 is 0. The Bertz CT molecular complexity index is 796. The second-order valence-corrected chi connectivity index (χ2v) is 5.70. The summed E-state index contributed by atoms with van der Waals surface area (Å²) in [4.78, 5) is 23.9. The largest absolute Gasteiger partial charge is 0.356 e. The molecule has 1 fully saturated rings. The first kappa shape index (κ1) is 16.1. The standard InChI is InChI=1S/C19H16FNO3/c1-11(2)19(23)21-15-9-5-12(6-10-15)16(22)18-17(24-18)13-3-7-14(20)8-4-13/h3-10,17-18H,1H2,2H3,(H,21,23). The molecule has 1 aliphatic heterocycles. The normalized spacial score (nSPS) is 18.8. The van der Waals surface area contributed by atoms with Crippen LogP contribution in [0.2, 0.25) is 0 Å². The molecule has 1 aliphatic rings. The van der Waals surface area contributed by atoms with Crippen LogP contribution in [0.3, 0.4) is 0 Å². The van der Waals surface area contributed by atoms with Gasteiger partial charge >= 0.3 is 0 Å². The molecule has 122 valence electrons. The molecule has 1 N–H and O–H groups in total. The molecule has 2 aromatic rings. The highest BCUT2D eigenvalue weighted by molar-refractivity contribution is 6.04. The van der Waals surface area contributed by atoms with E-state index in [1.807, 2.05) is 0 Å². The summed E-state index contributed by atoms with van der Waals surface area (Å²) in [5.41, 5.74) is 2.27. The molecule has 0 bridgehead atoms. The number of anilines is 1. The third-order valence-corrected chi connectivity index (χ3v) is 3.76. The number of hydrogen-bond acceptors (Lipinski definition) is 3. The average Bonchev–Trinajstić information content (AvgIpc) is 3.36. The van der Waals surface area contributed by atoms with Gasteiger partial charge in [0.25, 0.3) is 5.91 Å². The van der Waals surface area contributed by atoms with Gasteiger partial charge in [0.1, 0.15) is 11.9 Å². The number of benzene rings is 2. The number of halogens is 1. The summed E-state index contributed by atoms with van der Waals surface area (Å²) in [7, 11) is 0. The molecular formula is C19H16FNO3. The van der Waals surface area contributed by atoms with Crippen LogP contribution in [0.5, 0.6) is 0 Å².